The first-order valence-electron chi connectivity index (χ1n) is 9.70. The van der Waals surface area contributed by atoms with E-state index in [9.17, 15) is 4.79 Å². The molecular weight excluding hydrogens is 561 g/mol. The minimum atomic E-state index is -0.216. The summed E-state index contributed by atoms with van der Waals surface area (Å²) in [6.07, 6.45) is 2.62. The fourth-order valence-corrected chi connectivity index (χ4v) is 3.96. The maximum absolute atomic E-state index is 12.9. The fraction of sp³-hybridized carbons (Fsp3) is 0.318. The van der Waals surface area contributed by atoms with E-state index in [4.69, 9.17) is 9.47 Å². The number of ether oxygens (including phenoxy) is 2. The zero-order chi connectivity index (χ0) is 21.8. The Balaban J connectivity index is 2.03. The molecule has 30 heavy (non-hydrogen) atoms. The lowest BCUT2D eigenvalue weighted by Gasteiger charge is -2.18. The first-order valence-corrected chi connectivity index (χ1v) is 11.6. The van der Waals surface area contributed by atoms with E-state index in [1.807, 2.05) is 38.1 Å². The smallest absolute Gasteiger partial charge is 0.282 e. The Morgan fingerprint density at radius 3 is 2.77 bits per heavy atom. The van der Waals surface area contributed by atoms with Crippen LogP contribution in [0, 0.1) is 10.5 Å². The molecule has 3 rings (SSSR count). The summed E-state index contributed by atoms with van der Waals surface area (Å²) < 4.78 is 14.9. The minimum absolute atomic E-state index is 0.0847. The molecule has 0 aliphatic carbocycles. The van der Waals surface area contributed by atoms with Crippen molar-refractivity contribution in [2.24, 2.45) is 5.10 Å². The number of hydrogen-bond acceptors (Lipinski definition) is 5. The Kier molecular flexibility index (Phi) is 7.51. The van der Waals surface area contributed by atoms with Crippen LogP contribution in [0.2, 0.25) is 0 Å². The predicted molar refractivity (Wildman–Crippen MR) is 132 cm³/mol. The first-order chi connectivity index (χ1) is 14.3. The third-order valence-corrected chi connectivity index (χ3v) is 5.81. The van der Waals surface area contributed by atoms with Crippen molar-refractivity contribution in [1.82, 2.24) is 9.66 Å². The van der Waals surface area contributed by atoms with Crippen molar-refractivity contribution in [3.8, 4) is 11.5 Å². The average Bonchev–Trinajstić information content (AvgIpc) is 2.71. The lowest BCUT2D eigenvalue weighted by Crippen LogP contribution is -2.20. The van der Waals surface area contributed by atoms with Gasteiger partial charge in [-0.05, 0) is 85.7 Å². The lowest BCUT2D eigenvalue weighted by molar-refractivity contribution is 0.201. The molecule has 0 spiro atoms. The number of halogens is 2. The van der Waals surface area contributed by atoms with Crippen molar-refractivity contribution >= 4 is 55.6 Å². The van der Waals surface area contributed by atoms with E-state index in [-0.39, 0.29) is 11.7 Å². The number of hydrogen-bond donors (Lipinski definition) is 0. The Morgan fingerprint density at radius 1 is 1.30 bits per heavy atom. The summed E-state index contributed by atoms with van der Waals surface area (Å²) in [5.41, 5.74) is 1.23. The standard InChI is InChI=1S/C22H23BrIN3O3/c1-5-13(3)30-21-18(24)9-15(10-20(21)29-6-2)12-25-27-14(4)26-19-8-7-16(23)11-17(19)22(27)28/h7-13H,5-6H2,1-4H3/t13-/m1/s1. The number of fused-ring (bicyclic) bond motifs is 1. The monoisotopic (exact) mass is 583 g/mol. The number of aryl methyl sites for hydroxylation is 1. The van der Waals surface area contributed by atoms with Crippen LogP contribution in [0.15, 0.2) is 44.7 Å². The van der Waals surface area contributed by atoms with E-state index in [1.165, 1.54) is 4.68 Å². The molecule has 1 heterocycles. The van der Waals surface area contributed by atoms with E-state index >= 15 is 0 Å². The van der Waals surface area contributed by atoms with Crippen LogP contribution in [0.3, 0.4) is 0 Å². The molecule has 1 aromatic heterocycles. The van der Waals surface area contributed by atoms with Gasteiger partial charge in [0.25, 0.3) is 5.56 Å². The molecule has 0 saturated carbocycles. The van der Waals surface area contributed by atoms with Crippen molar-refractivity contribution in [2.75, 3.05) is 6.61 Å². The number of rotatable bonds is 7. The van der Waals surface area contributed by atoms with Crippen LogP contribution in [-0.2, 0) is 0 Å². The van der Waals surface area contributed by atoms with Gasteiger partial charge in [0.15, 0.2) is 11.5 Å². The maximum atomic E-state index is 12.9. The van der Waals surface area contributed by atoms with Crippen LogP contribution in [0.1, 0.15) is 38.6 Å². The quantitative estimate of drug-likeness (QED) is 0.271. The van der Waals surface area contributed by atoms with Crippen molar-refractivity contribution in [3.05, 3.63) is 60.1 Å². The molecule has 158 valence electrons. The molecule has 0 bridgehead atoms. The lowest BCUT2D eigenvalue weighted by atomic mass is 10.2. The van der Waals surface area contributed by atoms with Crippen molar-refractivity contribution in [2.45, 2.75) is 40.2 Å². The minimum Gasteiger partial charge on any atom is -0.490 e. The normalized spacial score (nSPS) is 12.5. The largest absolute Gasteiger partial charge is 0.490 e. The van der Waals surface area contributed by atoms with E-state index < -0.39 is 0 Å². The molecule has 0 radical (unpaired) electrons. The third kappa shape index (κ3) is 5.03. The SMILES string of the molecule is CCOc1cc(C=Nn2c(C)nc3ccc(Br)cc3c2=O)cc(I)c1O[C@H](C)CC. The van der Waals surface area contributed by atoms with Gasteiger partial charge in [-0.3, -0.25) is 4.79 Å². The molecule has 8 heteroatoms. The van der Waals surface area contributed by atoms with Crippen LogP contribution in [0.5, 0.6) is 11.5 Å². The fourth-order valence-electron chi connectivity index (χ4n) is 2.84. The summed E-state index contributed by atoms with van der Waals surface area (Å²) in [6, 6.07) is 9.26. The molecule has 0 amide bonds. The predicted octanol–water partition coefficient (Wildman–Crippen LogP) is 5.53. The topological polar surface area (TPSA) is 65.7 Å². The Hall–Kier alpha value is -1.94. The number of benzene rings is 2. The van der Waals surface area contributed by atoms with Gasteiger partial charge in [0.2, 0.25) is 0 Å². The second-order valence-electron chi connectivity index (χ2n) is 6.78. The van der Waals surface area contributed by atoms with Gasteiger partial charge >= 0.3 is 0 Å². The summed E-state index contributed by atoms with van der Waals surface area (Å²) >= 11 is 5.63. The summed E-state index contributed by atoms with van der Waals surface area (Å²) in [7, 11) is 0. The zero-order valence-corrected chi connectivity index (χ0v) is 21.0. The van der Waals surface area contributed by atoms with Crippen LogP contribution < -0.4 is 15.0 Å². The highest BCUT2D eigenvalue weighted by Gasteiger charge is 2.14. The molecule has 1 atom stereocenters. The van der Waals surface area contributed by atoms with E-state index in [2.05, 4.69) is 55.5 Å². The van der Waals surface area contributed by atoms with Gasteiger partial charge in [-0.1, -0.05) is 22.9 Å². The summed E-state index contributed by atoms with van der Waals surface area (Å²) in [6.45, 7) is 8.33. The summed E-state index contributed by atoms with van der Waals surface area (Å²) in [5, 5.41) is 4.91. The van der Waals surface area contributed by atoms with Gasteiger partial charge in [-0.15, -0.1) is 0 Å². The zero-order valence-electron chi connectivity index (χ0n) is 17.3. The second-order valence-corrected chi connectivity index (χ2v) is 8.86. The molecule has 0 fully saturated rings. The van der Waals surface area contributed by atoms with Gasteiger partial charge in [-0.2, -0.15) is 9.78 Å². The summed E-state index contributed by atoms with van der Waals surface area (Å²) in [4.78, 5) is 17.4. The molecule has 0 unspecified atom stereocenters. The van der Waals surface area contributed by atoms with Crippen molar-refractivity contribution < 1.29 is 9.47 Å². The Morgan fingerprint density at radius 2 is 2.07 bits per heavy atom. The highest BCUT2D eigenvalue weighted by molar-refractivity contribution is 14.1. The van der Waals surface area contributed by atoms with Gasteiger partial charge in [0.1, 0.15) is 5.82 Å². The first kappa shape index (κ1) is 22.7. The highest BCUT2D eigenvalue weighted by atomic mass is 127. The highest BCUT2D eigenvalue weighted by Crippen LogP contribution is 2.35. The van der Waals surface area contributed by atoms with Crippen molar-refractivity contribution in [3.63, 3.8) is 0 Å². The van der Waals surface area contributed by atoms with Gasteiger partial charge in [0, 0.05) is 4.47 Å². The number of nitrogens with zero attached hydrogens (tertiary/aromatic N) is 3. The van der Waals surface area contributed by atoms with Gasteiger partial charge in [-0.25, -0.2) is 4.98 Å². The van der Waals surface area contributed by atoms with E-state index in [1.54, 1.807) is 19.2 Å². The Labute approximate surface area is 197 Å². The van der Waals surface area contributed by atoms with Crippen LogP contribution in [-0.4, -0.2) is 28.6 Å². The van der Waals surface area contributed by atoms with Crippen LogP contribution in [0.4, 0.5) is 0 Å². The molecule has 0 N–H and O–H groups in total. The van der Waals surface area contributed by atoms with E-state index in [0.717, 1.165) is 25.8 Å². The van der Waals surface area contributed by atoms with Gasteiger partial charge < -0.3 is 9.47 Å². The van der Waals surface area contributed by atoms with Crippen LogP contribution >= 0.6 is 38.5 Å². The Bertz CT molecular complexity index is 1160. The molecule has 0 saturated heterocycles. The van der Waals surface area contributed by atoms with Gasteiger partial charge in [0.05, 0.1) is 33.4 Å². The van der Waals surface area contributed by atoms with Crippen LogP contribution in [0.25, 0.3) is 10.9 Å². The third-order valence-electron chi connectivity index (χ3n) is 4.52. The van der Waals surface area contributed by atoms with E-state index in [0.29, 0.717) is 29.1 Å². The molecule has 2 aromatic carbocycles. The maximum Gasteiger partial charge on any atom is 0.282 e. The summed E-state index contributed by atoms with van der Waals surface area (Å²) in [5.74, 6) is 1.91. The molecule has 3 aromatic rings. The molecule has 0 aliphatic rings. The molecular formula is C22H23BrIN3O3. The van der Waals surface area contributed by atoms with Crippen molar-refractivity contribution in [1.29, 1.82) is 0 Å². The number of aromatic nitrogens is 2. The molecule has 6 nitrogen and oxygen atoms in total. The second kappa shape index (κ2) is 9.91. The molecule has 0 aliphatic heterocycles. The average molecular weight is 584 g/mol.